The zero-order valence-corrected chi connectivity index (χ0v) is 13.5. The lowest BCUT2D eigenvalue weighted by Crippen LogP contribution is -2.29. The van der Waals surface area contributed by atoms with Crippen LogP contribution in [0.15, 0.2) is 52.3 Å². The van der Waals surface area contributed by atoms with Gasteiger partial charge in [-0.2, -0.15) is 0 Å². The molecule has 21 heavy (non-hydrogen) atoms. The van der Waals surface area contributed by atoms with E-state index in [-0.39, 0.29) is 11.9 Å². The molecule has 1 aromatic heterocycles. The molecule has 5 heteroatoms. The second kappa shape index (κ2) is 6.23. The SMILES string of the molecule is NNC(Cc1ccc(F)c(Br)c1)c1csc2ccccc12. The molecule has 0 amide bonds. The number of benzene rings is 2. The van der Waals surface area contributed by atoms with E-state index in [1.807, 2.05) is 12.1 Å². The molecule has 1 heterocycles. The van der Waals surface area contributed by atoms with E-state index in [0.717, 1.165) is 5.56 Å². The topological polar surface area (TPSA) is 38.0 Å². The predicted octanol–water partition coefficient (Wildman–Crippen LogP) is 4.55. The number of halogens is 2. The molecule has 2 aromatic carbocycles. The Balaban J connectivity index is 1.93. The van der Waals surface area contributed by atoms with Crippen molar-refractivity contribution in [2.45, 2.75) is 12.5 Å². The zero-order chi connectivity index (χ0) is 14.8. The first-order valence-corrected chi connectivity index (χ1v) is 8.22. The van der Waals surface area contributed by atoms with E-state index < -0.39 is 0 Å². The summed E-state index contributed by atoms with van der Waals surface area (Å²) in [6.45, 7) is 0. The summed E-state index contributed by atoms with van der Waals surface area (Å²) in [6.07, 6.45) is 0.704. The van der Waals surface area contributed by atoms with Gasteiger partial charge in [0.25, 0.3) is 0 Å². The average Bonchev–Trinajstić information content (AvgIpc) is 2.92. The van der Waals surface area contributed by atoms with E-state index >= 15 is 0 Å². The van der Waals surface area contributed by atoms with Gasteiger partial charge in [0.05, 0.1) is 10.5 Å². The Morgan fingerprint density at radius 2 is 2.05 bits per heavy atom. The van der Waals surface area contributed by atoms with Gasteiger partial charge in [0.15, 0.2) is 0 Å². The van der Waals surface area contributed by atoms with Gasteiger partial charge >= 0.3 is 0 Å². The number of hydrazine groups is 1. The molecule has 0 aliphatic carbocycles. The second-order valence-electron chi connectivity index (χ2n) is 4.86. The first-order chi connectivity index (χ1) is 10.2. The number of fused-ring (bicyclic) bond motifs is 1. The van der Waals surface area contributed by atoms with E-state index in [9.17, 15) is 4.39 Å². The molecule has 0 saturated heterocycles. The number of rotatable bonds is 4. The number of hydrogen-bond donors (Lipinski definition) is 2. The molecule has 1 atom stereocenters. The molecule has 2 nitrogen and oxygen atoms in total. The van der Waals surface area contributed by atoms with Crippen molar-refractivity contribution in [1.29, 1.82) is 0 Å². The van der Waals surface area contributed by atoms with Gasteiger partial charge in [0.1, 0.15) is 5.82 Å². The quantitative estimate of drug-likeness (QED) is 0.526. The van der Waals surface area contributed by atoms with Crippen LogP contribution in [0.3, 0.4) is 0 Å². The molecule has 1 unspecified atom stereocenters. The molecule has 0 radical (unpaired) electrons. The number of hydrogen-bond acceptors (Lipinski definition) is 3. The number of nitrogens with two attached hydrogens (primary N) is 1. The fourth-order valence-electron chi connectivity index (χ4n) is 2.43. The van der Waals surface area contributed by atoms with Crippen LogP contribution in [0.5, 0.6) is 0 Å². The van der Waals surface area contributed by atoms with Gasteiger partial charge < -0.3 is 0 Å². The fourth-order valence-corrected chi connectivity index (χ4v) is 3.87. The molecule has 3 N–H and O–H groups in total. The molecule has 3 rings (SSSR count). The van der Waals surface area contributed by atoms with Gasteiger partial charge in [-0.15, -0.1) is 11.3 Å². The Hall–Kier alpha value is -1.27. The first-order valence-electron chi connectivity index (χ1n) is 6.55. The lowest BCUT2D eigenvalue weighted by atomic mass is 9.99. The third-order valence-electron chi connectivity index (χ3n) is 3.51. The van der Waals surface area contributed by atoms with E-state index in [0.29, 0.717) is 10.9 Å². The van der Waals surface area contributed by atoms with Gasteiger partial charge in [-0.3, -0.25) is 11.3 Å². The van der Waals surface area contributed by atoms with Crippen molar-refractivity contribution in [1.82, 2.24) is 5.43 Å². The van der Waals surface area contributed by atoms with Gasteiger partial charge in [-0.25, -0.2) is 4.39 Å². The second-order valence-corrected chi connectivity index (χ2v) is 6.62. The summed E-state index contributed by atoms with van der Waals surface area (Å²) in [5.74, 6) is 5.49. The van der Waals surface area contributed by atoms with Crippen LogP contribution in [0.4, 0.5) is 4.39 Å². The van der Waals surface area contributed by atoms with Crippen molar-refractivity contribution in [3.8, 4) is 0 Å². The van der Waals surface area contributed by atoms with E-state index in [4.69, 9.17) is 5.84 Å². The van der Waals surface area contributed by atoms with Crippen molar-refractivity contribution < 1.29 is 4.39 Å². The number of thiophene rings is 1. The standard InChI is InChI=1S/C16H14BrFN2S/c17-13-7-10(5-6-14(13)18)8-15(20-19)12-9-21-16-4-2-1-3-11(12)16/h1-7,9,15,20H,8,19H2. The van der Waals surface area contributed by atoms with Crippen LogP contribution in [0.1, 0.15) is 17.2 Å². The summed E-state index contributed by atoms with van der Waals surface area (Å²) in [4.78, 5) is 0. The lowest BCUT2D eigenvalue weighted by Gasteiger charge is -2.16. The van der Waals surface area contributed by atoms with Crippen LogP contribution in [-0.2, 0) is 6.42 Å². The Morgan fingerprint density at radius 3 is 2.81 bits per heavy atom. The average molecular weight is 365 g/mol. The third-order valence-corrected chi connectivity index (χ3v) is 5.10. The molecule has 3 aromatic rings. The van der Waals surface area contributed by atoms with E-state index in [1.54, 1.807) is 23.5 Å². The van der Waals surface area contributed by atoms with Gasteiger partial charge in [-0.1, -0.05) is 24.3 Å². The van der Waals surface area contributed by atoms with Crippen molar-refractivity contribution in [3.05, 3.63) is 69.3 Å². The molecule has 0 bridgehead atoms. The summed E-state index contributed by atoms with van der Waals surface area (Å²) in [5.41, 5.74) is 5.09. The van der Waals surface area contributed by atoms with Crippen molar-refractivity contribution in [3.63, 3.8) is 0 Å². The smallest absolute Gasteiger partial charge is 0.137 e. The highest BCUT2D eigenvalue weighted by Crippen LogP contribution is 2.32. The van der Waals surface area contributed by atoms with E-state index in [1.165, 1.54) is 21.7 Å². The predicted molar refractivity (Wildman–Crippen MR) is 89.7 cm³/mol. The summed E-state index contributed by atoms with van der Waals surface area (Å²) in [7, 11) is 0. The minimum absolute atomic E-state index is 0.00138. The summed E-state index contributed by atoms with van der Waals surface area (Å²) >= 11 is 4.93. The molecule has 108 valence electrons. The molecule has 0 aliphatic heterocycles. The van der Waals surface area contributed by atoms with Crippen molar-refractivity contribution >= 4 is 37.4 Å². The maximum atomic E-state index is 13.3. The lowest BCUT2D eigenvalue weighted by molar-refractivity contribution is 0.555. The van der Waals surface area contributed by atoms with Crippen LogP contribution in [0, 0.1) is 5.82 Å². The van der Waals surface area contributed by atoms with Crippen molar-refractivity contribution in [2.75, 3.05) is 0 Å². The summed E-state index contributed by atoms with van der Waals surface area (Å²) < 4.78 is 15.0. The molecule has 0 spiro atoms. The highest BCUT2D eigenvalue weighted by molar-refractivity contribution is 9.10. The highest BCUT2D eigenvalue weighted by Gasteiger charge is 2.15. The van der Waals surface area contributed by atoms with Crippen molar-refractivity contribution in [2.24, 2.45) is 5.84 Å². The Kier molecular flexibility index (Phi) is 4.35. The minimum Gasteiger partial charge on any atom is -0.271 e. The van der Waals surface area contributed by atoms with Crippen LogP contribution >= 0.6 is 27.3 Å². The largest absolute Gasteiger partial charge is 0.271 e. The Labute approximate surface area is 134 Å². The summed E-state index contributed by atoms with van der Waals surface area (Å²) in [5, 5.41) is 3.35. The van der Waals surface area contributed by atoms with E-state index in [2.05, 4.69) is 38.9 Å². The number of nitrogens with one attached hydrogen (secondary N) is 1. The van der Waals surface area contributed by atoms with Gasteiger partial charge in [0.2, 0.25) is 0 Å². The van der Waals surface area contributed by atoms with Crippen LogP contribution in [-0.4, -0.2) is 0 Å². The Morgan fingerprint density at radius 1 is 1.24 bits per heavy atom. The summed E-state index contributed by atoms with van der Waals surface area (Å²) in [6, 6.07) is 13.3. The maximum Gasteiger partial charge on any atom is 0.137 e. The minimum atomic E-state index is -0.253. The fraction of sp³-hybridized carbons (Fsp3) is 0.125. The molecular weight excluding hydrogens is 351 g/mol. The first kappa shape index (κ1) is 14.7. The monoisotopic (exact) mass is 364 g/mol. The normalized spacial score (nSPS) is 12.7. The highest BCUT2D eigenvalue weighted by atomic mass is 79.9. The van der Waals surface area contributed by atoms with Gasteiger partial charge in [-0.05, 0) is 62.4 Å². The van der Waals surface area contributed by atoms with Crippen LogP contribution in [0.2, 0.25) is 0 Å². The van der Waals surface area contributed by atoms with Crippen LogP contribution in [0.25, 0.3) is 10.1 Å². The third kappa shape index (κ3) is 3.01. The molecule has 0 fully saturated rings. The molecule has 0 aliphatic rings. The zero-order valence-electron chi connectivity index (χ0n) is 11.1. The maximum absolute atomic E-state index is 13.3. The van der Waals surface area contributed by atoms with Crippen LogP contribution < -0.4 is 11.3 Å². The Bertz CT molecular complexity index is 772. The molecular formula is C16H14BrFN2S. The van der Waals surface area contributed by atoms with Gasteiger partial charge in [0, 0.05) is 4.70 Å². The molecule has 0 saturated carbocycles.